The Labute approximate surface area is 234 Å². The molecule has 2 N–H and O–H groups in total. The van der Waals surface area contributed by atoms with Gasteiger partial charge in [0.25, 0.3) is 0 Å². The lowest BCUT2D eigenvalue weighted by Gasteiger charge is -2.64. The van der Waals surface area contributed by atoms with Gasteiger partial charge in [0.15, 0.2) is 0 Å². The van der Waals surface area contributed by atoms with Gasteiger partial charge in [-0.15, -0.1) is 0 Å². The Morgan fingerprint density at radius 3 is 2.15 bits per heavy atom. The molecule has 0 aromatic heterocycles. The molecule has 0 spiro atoms. The van der Waals surface area contributed by atoms with E-state index in [0.29, 0.717) is 24.7 Å². The molecule has 0 bridgehead atoms. The van der Waals surface area contributed by atoms with Gasteiger partial charge >= 0.3 is 17.9 Å². The number of hydrogen-bond acceptors (Lipinski definition) is 6. The minimum atomic E-state index is -0.717. The minimum absolute atomic E-state index is 0.00987. The Morgan fingerprint density at radius 1 is 0.897 bits per heavy atom. The third kappa shape index (κ3) is 5.50. The number of hydrogen-bond donors (Lipinski definition) is 2. The molecule has 4 rings (SSSR count). The lowest BCUT2D eigenvalue weighted by molar-refractivity contribution is -0.218. The molecular formula is C32H52O7. The molecule has 4 aliphatic rings. The summed E-state index contributed by atoms with van der Waals surface area (Å²) in [7, 11) is 0. The molecule has 0 aromatic carbocycles. The molecule has 0 heterocycles. The van der Waals surface area contributed by atoms with Gasteiger partial charge < -0.3 is 19.7 Å². The summed E-state index contributed by atoms with van der Waals surface area (Å²) in [5.41, 5.74) is -0.274. The van der Waals surface area contributed by atoms with Crippen LogP contribution in [0.25, 0.3) is 0 Å². The molecular weight excluding hydrogens is 496 g/mol. The van der Waals surface area contributed by atoms with E-state index in [2.05, 4.69) is 20.8 Å². The van der Waals surface area contributed by atoms with E-state index in [1.54, 1.807) is 0 Å². The largest absolute Gasteiger partial charge is 0.481 e. The van der Waals surface area contributed by atoms with Crippen molar-refractivity contribution >= 4 is 17.9 Å². The number of rotatable bonds is 8. The highest BCUT2D eigenvalue weighted by Gasteiger charge is 2.66. The standard InChI is InChI=1S/C32H52O7/c1-17(2)23(30(36)37)9-8-18(3)24-10-11-25-29-26(16-28(35)32(24,25)7)31(6)13-12-22(38-19(4)33)14-21(31)15-27(29)39-20(5)34/h17-18,21-29,35H,8-16H2,1-7H3,(H,36,37)/t18-,21+,22-,23?,24-,25+,26+,27-,28+,29+,31+,32-/m1/s1. The van der Waals surface area contributed by atoms with Gasteiger partial charge in [0.2, 0.25) is 0 Å². The third-order valence-electron chi connectivity index (χ3n) is 12.2. The number of aliphatic carboxylic acids is 1. The molecule has 12 atom stereocenters. The van der Waals surface area contributed by atoms with Crippen LogP contribution in [0.15, 0.2) is 0 Å². The van der Waals surface area contributed by atoms with Crippen molar-refractivity contribution in [1.29, 1.82) is 0 Å². The maximum Gasteiger partial charge on any atom is 0.306 e. The lowest BCUT2D eigenvalue weighted by atomic mass is 9.43. The molecule has 4 saturated carbocycles. The minimum Gasteiger partial charge on any atom is -0.481 e. The maximum absolute atomic E-state index is 12.3. The van der Waals surface area contributed by atoms with E-state index in [1.165, 1.54) is 13.8 Å². The number of aliphatic hydroxyl groups excluding tert-OH is 1. The Morgan fingerprint density at radius 2 is 1.56 bits per heavy atom. The van der Waals surface area contributed by atoms with Crippen molar-refractivity contribution in [2.45, 2.75) is 125 Å². The van der Waals surface area contributed by atoms with E-state index >= 15 is 0 Å². The lowest BCUT2D eigenvalue weighted by Crippen LogP contribution is -2.63. The fourth-order valence-electron chi connectivity index (χ4n) is 10.2. The number of carboxylic acids is 1. The van der Waals surface area contributed by atoms with Crippen LogP contribution in [0.1, 0.15) is 106 Å². The number of fused-ring (bicyclic) bond motifs is 5. The molecule has 4 aliphatic carbocycles. The summed E-state index contributed by atoms with van der Waals surface area (Å²) in [4.78, 5) is 35.8. The highest BCUT2D eigenvalue weighted by molar-refractivity contribution is 5.70. The van der Waals surface area contributed by atoms with Crippen LogP contribution in [0.2, 0.25) is 0 Å². The van der Waals surface area contributed by atoms with Crippen LogP contribution in [0.5, 0.6) is 0 Å². The first kappa shape index (κ1) is 30.3. The average molecular weight is 549 g/mol. The second-order valence-electron chi connectivity index (χ2n) is 14.4. The molecule has 39 heavy (non-hydrogen) atoms. The van der Waals surface area contributed by atoms with Gasteiger partial charge in [-0.1, -0.05) is 34.6 Å². The number of ether oxygens (including phenoxy) is 2. The average Bonchev–Trinajstić information content (AvgIpc) is 3.18. The predicted molar refractivity (Wildman–Crippen MR) is 147 cm³/mol. The monoisotopic (exact) mass is 548 g/mol. The van der Waals surface area contributed by atoms with Crippen molar-refractivity contribution < 1.29 is 34.1 Å². The van der Waals surface area contributed by atoms with E-state index in [1.807, 2.05) is 13.8 Å². The van der Waals surface area contributed by atoms with Gasteiger partial charge in [-0.05, 0) is 104 Å². The summed E-state index contributed by atoms with van der Waals surface area (Å²) in [6, 6.07) is 0. The van der Waals surface area contributed by atoms with Crippen molar-refractivity contribution in [1.82, 2.24) is 0 Å². The molecule has 0 radical (unpaired) electrons. The zero-order chi connectivity index (χ0) is 28.9. The molecule has 7 heteroatoms. The van der Waals surface area contributed by atoms with Crippen LogP contribution in [-0.2, 0) is 23.9 Å². The Balaban J connectivity index is 1.59. The van der Waals surface area contributed by atoms with E-state index in [9.17, 15) is 24.6 Å². The highest BCUT2D eigenvalue weighted by atomic mass is 16.5. The molecule has 4 fully saturated rings. The van der Waals surface area contributed by atoms with Crippen molar-refractivity contribution in [2.24, 2.45) is 58.2 Å². The molecule has 7 nitrogen and oxygen atoms in total. The topological polar surface area (TPSA) is 110 Å². The Bertz CT molecular complexity index is 931. The van der Waals surface area contributed by atoms with E-state index in [4.69, 9.17) is 9.47 Å². The van der Waals surface area contributed by atoms with E-state index in [0.717, 1.165) is 44.9 Å². The Hall–Kier alpha value is -1.63. The van der Waals surface area contributed by atoms with Crippen LogP contribution >= 0.6 is 0 Å². The summed E-state index contributed by atoms with van der Waals surface area (Å²) in [5, 5.41) is 21.6. The molecule has 0 aromatic rings. The molecule has 0 aliphatic heterocycles. The van der Waals surface area contributed by atoms with Crippen molar-refractivity contribution in [3.63, 3.8) is 0 Å². The number of carbonyl (C=O) groups excluding carboxylic acids is 2. The summed E-state index contributed by atoms with van der Waals surface area (Å²) in [6.45, 7) is 13.8. The molecule has 222 valence electrons. The zero-order valence-corrected chi connectivity index (χ0v) is 25.2. The molecule has 1 unspecified atom stereocenters. The second kappa shape index (κ2) is 11.3. The number of carbonyl (C=O) groups is 3. The van der Waals surface area contributed by atoms with Crippen LogP contribution < -0.4 is 0 Å². The maximum atomic E-state index is 12.3. The van der Waals surface area contributed by atoms with Crippen LogP contribution in [0.3, 0.4) is 0 Å². The SMILES string of the molecule is CC(=O)O[C@@H]1CC[C@@]2(C)[C@@H](C1)C[C@@H](OC(C)=O)[C@@H]1[C@@H]2C[C@H](O)[C@]2(C)[C@@H]([C@H](C)CCC(C(=O)O)C(C)C)CC[C@@H]12. The molecule has 0 saturated heterocycles. The van der Waals surface area contributed by atoms with Crippen molar-refractivity contribution in [3.8, 4) is 0 Å². The summed E-state index contributed by atoms with van der Waals surface area (Å²) >= 11 is 0. The molecule has 0 amide bonds. The second-order valence-corrected chi connectivity index (χ2v) is 14.4. The first-order valence-corrected chi connectivity index (χ1v) is 15.4. The summed E-state index contributed by atoms with van der Waals surface area (Å²) in [5.74, 6) is 0.143. The van der Waals surface area contributed by atoms with Gasteiger partial charge in [-0.2, -0.15) is 0 Å². The fraction of sp³-hybridized carbons (Fsp3) is 0.906. The van der Waals surface area contributed by atoms with Crippen LogP contribution in [0.4, 0.5) is 0 Å². The first-order chi connectivity index (χ1) is 18.2. The zero-order valence-electron chi connectivity index (χ0n) is 25.2. The van der Waals surface area contributed by atoms with Gasteiger partial charge in [0.1, 0.15) is 12.2 Å². The smallest absolute Gasteiger partial charge is 0.306 e. The summed E-state index contributed by atoms with van der Waals surface area (Å²) < 4.78 is 11.7. The van der Waals surface area contributed by atoms with E-state index < -0.39 is 12.1 Å². The number of carboxylic acid groups (broad SMARTS) is 1. The quantitative estimate of drug-likeness (QED) is 0.365. The first-order valence-electron chi connectivity index (χ1n) is 15.4. The van der Waals surface area contributed by atoms with E-state index in [-0.39, 0.29) is 70.5 Å². The Kier molecular flexibility index (Phi) is 8.81. The van der Waals surface area contributed by atoms with Gasteiger partial charge in [-0.25, -0.2) is 0 Å². The number of aliphatic hydroxyl groups is 1. The van der Waals surface area contributed by atoms with Crippen molar-refractivity contribution in [3.05, 3.63) is 0 Å². The third-order valence-corrected chi connectivity index (χ3v) is 12.2. The van der Waals surface area contributed by atoms with Gasteiger partial charge in [0, 0.05) is 19.8 Å². The number of esters is 2. The normalized spacial score (nSPS) is 43.0. The summed E-state index contributed by atoms with van der Waals surface area (Å²) in [6.07, 6.45) is 6.86. The fourth-order valence-corrected chi connectivity index (χ4v) is 10.2. The predicted octanol–water partition coefficient (Wildman–Crippen LogP) is 5.86. The highest BCUT2D eigenvalue weighted by Crippen LogP contribution is 2.69. The van der Waals surface area contributed by atoms with Gasteiger partial charge in [-0.3, -0.25) is 14.4 Å². The van der Waals surface area contributed by atoms with Gasteiger partial charge in [0.05, 0.1) is 12.0 Å². The van der Waals surface area contributed by atoms with Crippen molar-refractivity contribution in [2.75, 3.05) is 0 Å². The van der Waals surface area contributed by atoms with Crippen LogP contribution in [-0.4, -0.2) is 46.4 Å². The van der Waals surface area contributed by atoms with Crippen LogP contribution in [0, 0.1) is 58.2 Å².